The summed E-state index contributed by atoms with van der Waals surface area (Å²) in [7, 11) is -0.764. The summed E-state index contributed by atoms with van der Waals surface area (Å²) < 4.78 is 12.8. The van der Waals surface area contributed by atoms with E-state index in [1.54, 1.807) is 0 Å². The summed E-state index contributed by atoms with van der Waals surface area (Å²) in [6.45, 7) is 5.35. The van der Waals surface area contributed by atoms with Gasteiger partial charge in [0.2, 0.25) is 0 Å². The van der Waals surface area contributed by atoms with E-state index < -0.39 is 10.8 Å². The second kappa shape index (κ2) is 7.94. The third-order valence-electron chi connectivity index (χ3n) is 4.26. The van der Waals surface area contributed by atoms with E-state index in [-0.39, 0.29) is 0 Å². The van der Waals surface area contributed by atoms with Crippen molar-refractivity contribution in [2.75, 3.05) is 6.54 Å². The van der Waals surface area contributed by atoms with Gasteiger partial charge in [0, 0.05) is 22.6 Å². The average Bonchev–Trinajstić information content (AvgIpc) is 2.47. The van der Waals surface area contributed by atoms with Gasteiger partial charge in [-0.3, -0.25) is 4.21 Å². The van der Waals surface area contributed by atoms with E-state index in [9.17, 15) is 4.21 Å². The molecule has 1 N–H and O–H groups in total. The Morgan fingerprint density at radius 3 is 2.75 bits per heavy atom. The molecule has 0 spiro atoms. The lowest BCUT2D eigenvalue weighted by molar-refractivity contribution is 0.379. The van der Waals surface area contributed by atoms with Gasteiger partial charge in [0.05, 0.1) is 5.25 Å². The molecule has 1 aromatic rings. The van der Waals surface area contributed by atoms with Crippen molar-refractivity contribution in [3.63, 3.8) is 0 Å². The zero-order valence-electron chi connectivity index (χ0n) is 12.7. The Bertz CT molecular complexity index is 446. The van der Waals surface area contributed by atoms with Crippen molar-refractivity contribution in [1.29, 1.82) is 0 Å². The van der Waals surface area contributed by atoms with Gasteiger partial charge in [-0.1, -0.05) is 44.0 Å². The van der Waals surface area contributed by atoms with E-state index in [4.69, 9.17) is 0 Å². The fourth-order valence-corrected chi connectivity index (χ4v) is 4.88. The minimum absolute atomic E-state index is 0.329. The SMILES string of the molecule is CCCNC1CCCCC1S(=O)Cc1ccccc1C. The second-order valence-corrected chi connectivity index (χ2v) is 7.49. The van der Waals surface area contributed by atoms with Crippen molar-refractivity contribution in [1.82, 2.24) is 5.32 Å². The van der Waals surface area contributed by atoms with Crippen LogP contribution in [0, 0.1) is 6.92 Å². The second-order valence-electron chi connectivity index (χ2n) is 5.84. The topological polar surface area (TPSA) is 29.1 Å². The molecule has 1 aliphatic carbocycles. The summed E-state index contributed by atoms with van der Waals surface area (Å²) in [5, 5.41) is 3.94. The Morgan fingerprint density at radius 2 is 2.00 bits per heavy atom. The molecule has 1 aromatic carbocycles. The van der Waals surface area contributed by atoms with Crippen LogP contribution in [0.3, 0.4) is 0 Å². The fourth-order valence-electron chi connectivity index (χ4n) is 3.01. The molecule has 0 aromatic heterocycles. The van der Waals surface area contributed by atoms with Crippen molar-refractivity contribution in [2.45, 2.75) is 63.0 Å². The number of benzene rings is 1. The summed E-state index contributed by atoms with van der Waals surface area (Å²) in [6, 6.07) is 8.78. The zero-order valence-corrected chi connectivity index (χ0v) is 13.5. The van der Waals surface area contributed by atoms with Gasteiger partial charge in [-0.05, 0) is 43.9 Å². The predicted octanol–water partition coefficient (Wildman–Crippen LogP) is 3.55. The normalized spacial score (nSPS) is 24.5. The molecule has 20 heavy (non-hydrogen) atoms. The van der Waals surface area contributed by atoms with Crippen molar-refractivity contribution in [3.8, 4) is 0 Å². The van der Waals surface area contributed by atoms with Crippen molar-refractivity contribution >= 4 is 10.8 Å². The molecule has 0 heterocycles. The molecule has 0 amide bonds. The van der Waals surface area contributed by atoms with E-state index in [0.29, 0.717) is 17.0 Å². The Balaban J connectivity index is 2.00. The molecule has 112 valence electrons. The maximum Gasteiger partial charge on any atom is 0.0504 e. The predicted molar refractivity (Wildman–Crippen MR) is 87.4 cm³/mol. The Morgan fingerprint density at radius 1 is 1.25 bits per heavy atom. The van der Waals surface area contributed by atoms with Crippen LogP contribution in [0.15, 0.2) is 24.3 Å². The van der Waals surface area contributed by atoms with Crippen LogP contribution >= 0.6 is 0 Å². The molecular weight excluding hydrogens is 266 g/mol. The molecule has 2 nitrogen and oxygen atoms in total. The van der Waals surface area contributed by atoms with E-state index in [1.165, 1.54) is 30.4 Å². The highest BCUT2D eigenvalue weighted by Crippen LogP contribution is 2.25. The Labute approximate surface area is 125 Å². The number of hydrogen-bond donors (Lipinski definition) is 1. The first-order valence-corrected chi connectivity index (χ1v) is 9.25. The van der Waals surface area contributed by atoms with E-state index in [0.717, 1.165) is 19.4 Å². The van der Waals surface area contributed by atoms with Crippen LogP contribution in [0.5, 0.6) is 0 Å². The van der Waals surface area contributed by atoms with Gasteiger partial charge in [-0.2, -0.15) is 0 Å². The van der Waals surface area contributed by atoms with Gasteiger partial charge in [-0.25, -0.2) is 0 Å². The minimum Gasteiger partial charge on any atom is -0.313 e. The molecule has 3 atom stereocenters. The Kier molecular flexibility index (Phi) is 6.24. The lowest BCUT2D eigenvalue weighted by Gasteiger charge is -2.31. The van der Waals surface area contributed by atoms with Crippen LogP contribution in [-0.4, -0.2) is 22.0 Å². The van der Waals surface area contributed by atoms with Crippen LogP contribution in [0.25, 0.3) is 0 Å². The summed E-state index contributed by atoms with van der Waals surface area (Å²) in [5.41, 5.74) is 2.50. The van der Waals surface area contributed by atoms with E-state index in [1.807, 2.05) is 12.1 Å². The molecule has 3 unspecified atom stereocenters. The molecule has 0 radical (unpaired) electrons. The first kappa shape index (κ1) is 15.7. The van der Waals surface area contributed by atoms with Crippen LogP contribution in [0.2, 0.25) is 0 Å². The smallest absolute Gasteiger partial charge is 0.0504 e. The maximum atomic E-state index is 12.8. The van der Waals surface area contributed by atoms with Gasteiger partial charge in [0.15, 0.2) is 0 Å². The lowest BCUT2D eigenvalue weighted by Crippen LogP contribution is -2.44. The molecule has 0 saturated heterocycles. The average molecular weight is 293 g/mol. The van der Waals surface area contributed by atoms with Gasteiger partial charge in [-0.15, -0.1) is 0 Å². The fraction of sp³-hybridized carbons (Fsp3) is 0.647. The standard InChI is InChI=1S/C17H27NOS/c1-3-12-18-16-10-6-7-11-17(16)20(19)13-15-9-5-4-8-14(15)2/h4-5,8-9,16-18H,3,6-7,10-13H2,1-2H3. The summed E-state index contributed by atoms with van der Waals surface area (Å²) in [6.07, 6.45) is 5.95. The zero-order chi connectivity index (χ0) is 14.4. The van der Waals surface area contributed by atoms with Crippen LogP contribution < -0.4 is 5.32 Å². The van der Waals surface area contributed by atoms with Crippen LogP contribution in [0.4, 0.5) is 0 Å². The monoisotopic (exact) mass is 293 g/mol. The molecule has 1 fully saturated rings. The van der Waals surface area contributed by atoms with Crippen molar-refractivity contribution in [3.05, 3.63) is 35.4 Å². The highest BCUT2D eigenvalue weighted by atomic mass is 32.2. The number of rotatable bonds is 6. The van der Waals surface area contributed by atoms with Gasteiger partial charge < -0.3 is 5.32 Å². The number of aryl methyl sites for hydroxylation is 1. The third kappa shape index (κ3) is 4.16. The summed E-state index contributed by atoms with van der Waals surface area (Å²) in [4.78, 5) is 0. The number of hydrogen-bond acceptors (Lipinski definition) is 2. The first-order valence-electron chi connectivity index (χ1n) is 7.87. The Hall–Kier alpha value is -0.670. The van der Waals surface area contributed by atoms with Gasteiger partial charge in [0.25, 0.3) is 0 Å². The largest absolute Gasteiger partial charge is 0.313 e. The lowest BCUT2D eigenvalue weighted by atomic mass is 9.95. The van der Waals surface area contributed by atoms with Crippen molar-refractivity contribution in [2.24, 2.45) is 0 Å². The maximum absolute atomic E-state index is 12.8. The minimum atomic E-state index is -0.764. The van der Waals surface area contributed by atoms with E-state index in [2.05, 4.69) is 31.3 Å². The molecule has 0 bridgehead atoms. The third-order valence-corrected chi connectivity index (χ3v) is 6.09. The highest BCUT2D eigenvalue weighted by Gasteiger charge is 2.29. The molecule has 1 saturated carbocycles. The van der Waals surface area contributed by atoms with Gasteiger partial charge >= 0.3 is 0 Å². The van der Waals surface area contributed by atoms with Gasteiger partial charge in [0.1, 0.15) is 0 Å². The first-order chi connectivity index (χ1) is 9.72. The van der Waals surface area contributed by atoms with Crippen molar-refractivity contribution < 1.29 is 4.21 Å². The summed E-state index contributed by atoms with van der Waals surface area (Å²) >= 11 is 0. The summed E-state index contributed by atoms with van der Waals surface area (Å²) in [5.74, 6) is 0.710. The number of nitrogens with one attached hydrogen (secondary N) is 1. The molecule has 3 heteroatoms. The quantitative estimate of drug-likeness (QED) is 0.869. The molecular formula is C17H27NOS. The molecule has 1 aliphatic rings. The molecule has 0 aliphatic heterocycles. The van der Waals surface area contributed by atoms with Crippen LogP contribution in [-0.2, 0) is 16.6 Å². The van der Waals surface area contributed by atoms with Crippen LogP contribution in [0.1, 0.15) is 50.2 Å². The molecule has 2 rings (SSSR count). The highest BCUT2D eigenvalue weighted by molar-refractivity contribution is 7.84. The van der Waals surface area contributed by atoms with E-state index >= 15 is 0 Å².